The molecule has 2 heterocycles. The Balaban J connectivity index is 0.00000176. The normalized spacial score (nSPS) is 18.7. The van der Waals surface area contributed by atoms with Gasteiger partial charge in [-0.1, -0.05) is 23.7 Å². The molecule has 0 bridgehead atoms. The van der Waals surface area contributed by atoms with Crippen LogP contribution in [-0.4, -0.2) is 29.5 Å². The van der Waals surface area contributed by atoms with E-state index in [1.165, 1.54) is 11.6 Å². The smallest absolute Gasteiger partial charge is 0.141 e. The molecule has 22 heavy (non-hydrogen) atoms. The molecule has 1 saturated heterocycles. The Morgan fingerprint density at radius 3 is 2.95 bits per heavy atom. The standard InChI is InChI=1S/C16H17ClFN3.ClH/c17-14-8-12(3-4-15(14)18)11-21-7-6-20-10-16(21)13-2-1-5-19-9-13;/h1-5,8-9,16,20H,6-7,10-11H2;1H. The summed E-state index contributed by atoms with van der Waals surface area (Å²) in [4.78, 5) is 6.57. The third kappa shape index (κ3) is 3.96. The van der Waals surface area contributed by atoms with Crippen molar-refractivity contribution in [3.05, 3.63) is 64.7 Å². The SMILES string of the molecule is Cl.Fc1ccc(CN2CCNCC2c2cccnc2)cc1Cl. The highest BCUT2D eigenvalue weighted by molar-refractivity contribution is 6.30. The molecule has 6 heteroatoms. The molecule has 0 aliphatic carbocycles. The van der Waals surface area contributed by atoms with E-state index in [-0.39, 0.29) is 29.3 Å². The van der Waals surface area contributed by atoms with E-state index in [2.05, 4.69) is 21.3 Å². The number of benzene rings is 1. The lowest BCUT2D eigenvalue weighted by Gasteiger charge is -2.36. The molecule has 1 atom stereocenters. The summed E-state index contributed by atoms with van der Waals surface area (Å²) in [5.74, 6) is -0.371. The minimum absolute atomic E-state index is 0. The summed E-state index contributed by atoms with van der Waals surface area (Å²) in [6.07, 6.45) is 3.69. The summed E-state index contributed by atoms with van der Waals surface area (Å²) in [6, 6.07) is 9.25. The quantitative estimate of drug-likeness (QED) is 0.926. The Kier molecular flexibility index (Phi) is 6.15. The van der Waals surface area contributed by atoms with E-state index in [1.807, 2.05) is 12.3 Å². The molecule has 1 aliphatic heterocycles. The maximum atomic E-state index is 13.3. The van der Waals surface area contributed by atoms with Crippen molar-refractivity contribution >= 4 is 24.0 Å². The van der Waals surface area contributed by atoms with Crippen molar-refractivity contribution in [2.45, 2.75) is 12.6 Å². The summed E-state index contributed by atoms with van der Waals surface area (Å²) in [7, 11) is 0. The zero-order valence-electron chi connectivity index (χ0n) is 12.0. The number of hydrogen-bond donors (Lipinski definition) is 1. The van der Waals surface area contributed by atoms with Gasteiger partial charge in [0.05, 0.1) is 5.02 Å². The van der Waals surface area contributed by atoms with Crippen LogP contribution in [-0.2, 0) is 6.54 Å². The van der Waals surface area contributed by atoms with Crippen molar-refractivity contribution in [2.75, 3.05) is 19.6 Å². The minimum atomic E-state index is -0.371. The summed E-state index contributed by atoms with van der Waals surface area (Å²) in [5.41, 5.74) is 2.22. The minimum Gasteiger partial charge on any atom is -0.314 e. The van der Waals surface area contributed by atoms with Gasteiger partial charge in [-0.15, -0.1) is 12.4 Å². The van der Waals surface area contributed by atoms with Gasteiger partial charge in [-0.25, -0.2) is 4.39 Å². The Morgan fingerprint density at radius 1 is 1.36 bits per heavy atom. The van der Waals surface area contributed by atoms with Crippen LogP contribution >= 0.6 is 24.0 Å². The van der Waals surface area contributed by atoms with E-state index < -0.39 is 0 Å². The van der Waals surface area contributed by atoms with Gasteiger partial charge < -0.3 is 5.32 Å². The molecule has 0 amide bonds. The molecule has 3 nitrogen and oxygen atoms in total. The van der Waals surface area contributed by atoms with Crippen LogP contribution in [0.1, 0.15) is 17.2 Å². The molecule has 1 aromatic carbocycles. The molecule has 118 valence electrons. The van der Waals surface area contributed by atoms with Crippen LogP contribution in [0.5, 0.6) is 0 Å². The first kappa shape index (κ1) is 17.2. The Hall–Kier alpha value is -1.20. The first-order chi connectivity index (χ1) is 10.2. The fourth-order valence-corrected chi connectivity index (χ4v) is 2.91. The fourth-order valence-electron chi connectivity index (χ4n) is 2.71. The van der Waals surface area contributed by atoms with Crippen LogP contribution in [0.3, 0.4) is 0 Å². The van der Waals surface area contributed by atoms with Crippen LogP contribution < -0.4 is 5.32 Å². The van der Waals surface area contributed by atoms with Gasteiger partial charge in [0.15, 0.2) is 0 Å². The van der Waals surface area contributed by atoms with E-state index in [1.54, 1.807) is 18.3 Å². The number of rotatable bonds is 3. The second-order valence-electron chi connectivity index (χ2n) is 5.23. The molecule has 2 aromatic rings. The zero-order valence-corrected chi connectivity index (χ0v) is 13.6. The monoisotopic (exact) mass is 341 g/mol. The molecular formula is C16H18Cl2FN3. The van der Waals surface area contributed by atoms with Crippen LogP contribution in [0.15, 0.2) is 42.7 Å². The van der Waals surface area contributed by atoms with Crippen molar-refractivity contribution < 1.29 is 4.39 Å². The molecular weight excluding hydrogens is 324 g/mol. The van der Waals surface area contributed by atoms with Gasteiger partial charge >= 0.3 is 0 Å². The molecule has 0 spiro atoms. The summed E-state index contributed by atoms with van der Waals surface area (Å²) in [6.45, 7) is 3.53. The molecule has 3 rings (SSSR count). The van der Waals surface area contributed by atoms with Gasteiger partial charge in [-0.2, -0.15) is 0 Å². The third-order valence-corrected chi connectivity index (χ3v) is 4.08. The van der Waals surface area contributed by atoms with Gasteiger partial charge in [0.2, 0.25) is 0 Å². The molecule has 1 aromatic heterocycles. The largest absolute Gasteiger partial charge is 0.314 e. The average molecular weight is 342 g/mol. The van der Waals surface area contributed by atoms with Crippen LogP contribution in [0.4, 0.5) is 4.39 Å². The van der Waals surface area contributed by atoms with Crippen molar-refractivity contribution in [3.63, 3.8) is 0 Å². The van der Waals surface area contributed by atoms with Gasteiger partial charge in [0, 0.05) is 44.6 Å². The maximum absolute atomic E-state index is 13.3. The van der Waals surface area contributed by atoms with Crippen molar-refractivity contribution in [3.8, 4) is 0 Å². The second kappa shape index (κ2) is 7.88. The Labute approximate surface area is 140 Å². The first-order valence-electron chi connectivity index (χ1n) is 7.02. The number of aromatic nitrogens is 1. The van der Waals surface area contributed by atoms with Crippen LogP contribution in [0.2, 0.25) is 5.02 Å². The van der Waals surface area contributed by atoms with E-state index in [0.717, 1.165) is 31.7 Å². The predicted molar refractivity (Wildman–Crippen MR) is 88.9 cm³/mol. The molecule has 1 N–H and O–H groups in total. The molecule has 1 fully saturated rings. The lowest BCUT2D eigenvalue weighted by molar-refractivity contribution is 0.153. The van der Waals surface area contributed by atoms with Gasteiger partial charge in [-0.05, 0) is 29.3 Å². The van der Waals surface area contributed by atoms with Crippen molar-refractivity contribution in [2.24, 2.45) is 0 Å². The lowest BCUT2D eigenvalue weighted by atomic mass is 10.0. The maximum Gasteiger partial charge on any atom is 0.141 e. The van der Waals surface area contributed by atoms with Gasteiger partial charge in [0.25, 0.3) is 0 Å². The Morgan fingerprint density at radius 2 is 2.23 bits per heavy atom. The van der Waals surface area contributed by atoms with E-state index in [9.17, 15) is 4.39 Å². The number of nitrogens with zero attached hydrogens (tertiary/aromatic N) is 2. The topological polar surface area (TPSA) is 28.2 Å². The number of piperazine rings is 1. The lowest BCUT2D eigenvalue weighted by Crippen LogP contribution is -2.45. The molecule has 1 unspecified atom stereocenters. The summed E-state index contributed by atoms with van der Waals surface area (Å²) in [5, 5.41) is 3.60. The average Bonchev–Trinajstić information content (AvgIpc) is 2.52. The molecule has 1 aliphatic rings. The van der Waals surface area contributed by atoms with Gasteiger partial charge in [-0.3, -0.25) is 9.88 Å². The molecule has 0 radical (unpaired) electrons. The fraction of sp³-hybridized carbons (Fsp3) is 0.312. The zero-order chi connectivity index (χ0) is 14.7. The van der Waals surface area contributed by atoms with Crippen LogP contribution in [0, 0.1) is 5.82 Å². The number of hydrogen-bond acceptors (Lipinski definition) is 3. The Bertz CT molecular complexity index is 610. The highest BCUT2D eigenvalue weighted by Gasteiger charge is 2.24. The van der Waals surface area contributed by atoms with Crippen molar-refractivity contribution in [1.29, 1.82) is 0 Å². The number of nitrogens with one attached hydrogen (secondary N) is 1. The molecule has 0 saturated carbocycles. The van der Waals surface area contributed by atoms with Gasteiger partial charge in [0.1, 0.15) is 5.82 Å². The number of pyridine rings is 1. The number of halogens is 3. The van der Waals surface area contributed by atoms with Crippen molar-refractivity contribution in [1.82, 2.24) is 15.2 Å². The van der Waals surface area contributed by atoms with Crippen LogP contribution in [0.25, 0.3) is 0 Å². The summed E-state index contributed by atoms with van der Waals surface area (Å²) >= 11 is 5.87. The summed E-state index contributed by atoms with van der Waals surface area (Å²) < 4.78 is 13.3. The highest BCUT2D eigenvalue weighted by Crippen LogP contribution is 2.25. The first-order valence-corrected chi connectivity index (χ1v) is 7.40. The third-order valence-electron chi connectivity index (χ3n) is 3.79. The highest BCUT2D eigenvalue weighted by atomic mass is 35.5. The second-order valence-corrected chi connectivity index (χ2v) is 5.63. The predicted octanol–water partition coefficient (Wildman–Crippen LogP) is 3.44. The van der Waals surface area contributed by atoms with E-state index in [4.69, 9.17) is 11.6 Å². The van der Waals surface area contributed by atoms with E-state index >= 15 is 0 Å². The van der Waals surface area contributed by atoms with E-state index in [0.29, 0.717) is 0 Å².